The molecule has 0 unspecified atom stereocenters. The Balaban J connectivity index is 1.77. The number of carbonyl (C=O) groups excluding carboxylic acids is 1. The Labute approximate surface area is 97.8 Å². The van der Waals surface area contributed by atoms with Gasteiger partial charge in [-0.3, -0.25) is 0 Å². The summed E-state index contributed by atoms with van der Waals surface area (Å²) in [5.41, 5.74) is 5.31. The number of hydrogen-bond acceptors (Lipinski definition) is 2. The molecule has 0 aromatic rings. The summed E-state index contributed by atoms with van der Waals surface area (Å²) in [6.07, 6.45) is 6.68. The Morgan fingerprint density at radius 1 is 1.06 bits per heavy atom. The highest BCUT2D eigenvalue weighted by Gasteiger charge is 2.21. The van der Waals surface area contributed by atoms with Gasteiger partial charge in [0.25, 0.3) is 0 Å². The van der Waals surface area contributed by atoms with E-state index in [1.807, 2.05) is 0 Å². The molecule has 4 nitrogen and oxygen atoms in total. The number of amides is 2. The van der Waals surface area contributed by atoms with Crippen LogP contribution >= 0.6 is 0 Å². The number of carbonyl (C=O) groups is 1. The van der Waals surface area contributed by atoms with Crippen LogP contribution in [0.2, 0.25) is 0 Å². The number of primary amides is 1. The first-order valence-electron chi connectivity index (χ1n) is 6.52. The second-order valence-corrected chi connectivity index (χ2v) is 5.13. The molecule has 16 heavy (non-hydrogen) atoms. The van der Waals surface area contributed by atoms with Crippen molar-refractivity contribution in [1.82, 2.24) is 9.80 Å². The van der Waals surface area contributed by atoms with Crippen LogP contribution in [0.5, 0.6) is 0 Å². The zero-order chi connectivity index (χ0) is 11.4. The molecule has 0 bridgehead atoms. The maximum absolute atomic E-state index is 11.1. The molecule has 2 aliphatic rings. The van der Waals surface area contributed by atoms with Gasteiger partial charge in [-0.2, -0.15) is 0 Å². The highest BCUT2D eigenvalue weighted by atomic mass is 16.2. The van der Waals surface area contributed by atoms with Gasteiger partial charge in [-0.05, 0) is 31.7 Å². The van der Waals surface area contributed by atoms with E-state index in [-0.39, 0.29) is 6.03 Å². The number of nitrogens with zero attached hydrogens (tertiary/aromatic N) is 2. The second kappa shape index (κ2) is 5.53. The Hall–Kier alpha value is -0.770. The quantitative estimate of drug-likeness (QED) is 0.769. The van der Waals surface area contributed by atoms with Crippen LogP contribution in [-0.4, -0.2) is 48.6 Å². The minimum atomic E-state index is -0.261. The minimum Gasteiger partial charge on any atom is -0.351 e. The van der Waals surface area contributed by atoms with E-state index >= 15 is 0 Å². The molecule has 2 fully saturated rings. The first-order valence-corrected chi connectivity index (χ1v) is 6.52. The van der Waals surface area contributed by atoms with Gasteiger partial charge >= 0.3 is 6.03 Å². The number of urea groups is 1. The van der Waals surface area contributed by atoms with Gasteiger partial charge in [0.15, 0.2) is 0 Å². The molecule has 0 spiro atoms. The van der Waals surface area contributed by atoms with E-state index in [9.17, 15) is 4.79 Å². The van der Waals surface area contributed by atoms with Crippen LogP contribution in [0.15, 0.2) is 0 Å². The third kappa shape index (κ3) is 3.11. The molecule has 0 aromatic carbocycles. The first-order chi connectivity index (χ1) is 7.75. The van der Waals surface area contributed by atoms with E-state index in [2.05, 4.69) is 4.90 Å². The van der Waals surface area contributed by atoms with Gasteiger partial charge in [-0.25, -0.2) is 4.79 Å². The van der Waals surface area contributed by atoms with Crippen LogP contribution in [0.1, 0.15) is 32.1 Å². The van der Waals surface area contributed by atoms with Crippen molar-refractivity contribution < 1.29 is 4.79 Å². The largest absolute Gasteiger partial charge is 0.351 e. The average Bonchev–Trinajstić information content (AvgIpc) is 2.63. The van der Waals surface area contributed by atoms with Gasteiger partial charge in [0.2, 0.25) is 0 Å². The Bertz CT molecular complexity index is 238. The normalized spacial score (nSPS) is 24.6. The first kappa shape index (κ1) is 11.7. The Kier molecular flexibility index (Phi) is 4.04. The molecular weight excluding hydrogens is 202 g/mol. The van der Waals surface area contributed by atoms with Gasteiger partial charge in [-0.15, -0.1) is 0 Å². The summed E-state index contributed by atoms with van der Waals surface area (Å²) in [6.45, 7) is 4.99. The molecule has 0 aromatic heterocycles. The average molecular weight is 225 g/mol. The highest BCUT2D eigenvalue weighted by Crippen LogP contribution is 2.25. The van der Waals surface area contributed by atoms with E-state index in [1.54, 1.807) is 4.90 Å². The maximum Gasteiger partial charge on any atom is 0.314 e. The van der Waals surface area contributed by atoms with E-state index in [4.69, 9.17) is 5.73 Å². The zero-order valence-corrected chi connectivity index (χ0v) is 10.0. The third-order valence-electron chi connectivity index (χ3n) is 3.89. The molecule has 0 atom stereocenters. The molecule has 2 rings (SSSR count). The highest BCUT2D eigenvalue weighted by molar-refractivity contribution is 5.71. The molecule has 1 saturated heterocycles. The zero-order valence-electron chi connectivity index (χ0n) is 10.0. The van der Waals surface area contributed by atoms with Crippen LogP contribution in [-0.2, 0) is 0 Å². The Morgan fingerprint density at radius 2 is 1.81 bits per heavy atom. The fraction of sp³-hybridized carbons (Fsp3) is 0.917. The SMILES string of the molecule is NC(=O)N1CCCN(CC2CCCC2)CC1. The number of hydrogen-bond donors (Lipinski definition) is 1. The second-order valence-electron chi connectivity index (χ2n) is 5.13. The van der Waals surface area contributed by atoms with Crippen molar-refractivity contribution in [2.45, 2.75) is 32.1 Å². The van der Waals surface area contributed by atoms with Crippen LogP contribution in [0.25, 0.3) is 0 Å². The summed E-state index contributed by atoms with van der Waals surface area (Å²) in [6, 6.07) is -0.261. The van der Waals surface area contributed by atoms with Crippen molar-refractivity contribution in [3.8, 4) is 0 Å². The van der Waals surface area contributed by atoms with Crippen LogP contribution in [0.4, 0.5) is 4.79 Å². The molecule has 1 aliphatic heterocycles. The number of nitrogens with two attached hydrogens (primary N) is 1. The topological polar surface area (TPSA) is 49.6 Å². The van der Waals surface area contributed by atoms with Gasteiger partial charge in [0.05, 0.1) is 0 Å². The number of rotatable bonds is 2. The predicted molar refractivity (Wildman–Crippen MR) is 64.2 cm³/mol. The van der Waals surface area contributed by atoms with Gasteiger partial charge in [0, 0.05) is 26.2 Å². The fourth-order valence-corrected chi connectivity index (χ4v) is 2.93. The van der Waals surface area contributed by atoms with Crippen molar-refractivity contribution in [3.63, 3.8) is 0 Å². The molecule has 2 N–H and O–H groups in total. The lowest BCUT2D eigenvalue weighted by molar-refractivity contribution is 0.204. The van der Waals surface area contributed by atoms with Crippen molar-refractivity contribution in [3.05, 3.63) is 0 Å². The Morgan fingerprint density at radius 3 is 2.50 bits per heavy atom. The van der Waals surface area contributed by atoms with Gasteiger partial charge < -0.3 is 15.5 Å². The van der Waals surface area contributed by atoms with Gasteiger partial charge in [0.1, 0.15) is 0 Å². The van der Waals surface area contributed by atoms with Crippen molar-refractivity contribution in [1.29, 1.82) is 0 Å². The smallest absolute Gasteiger partial charge is 0.314 e. The summed E-state index contributed by atoms with van der Waals surface area (Å²) >= 11 is 0. The predicted octanol–water partition coefficient (Wildman–Crippen LogP) is 1.26. The van der Waals surface area contributed by atoms with E-state index in [0.29, 0.717) is 0 Å². The maximum atomic E-state index is 11.1. The van der Waals surface area contributed by atoms with Crippen LogP contribution < -0.4 is 5.73 Å². The molecule has 1 aliphatic carbocycles. The van der Waals surface area contributed by atoms with E-state index in [1.165, 1.54) is 32.2 Å². The fourth-order valence-electron chi connectivity index (χ4n) is 2.93. The molecule has 1 saturated carbocycles. The van der Waals surface area contributed by atoms with Crippen molar-refractivity contribution >= 4 is 6.03 Å². The third-order valence-corrected chi connectivity index (χ3v) is 3.89. The molecule has 1 heterocycles. The van der Waals surface area contributed by atoms with Crippen LogP contribution in [0, 0.1) is 5.92 Å². The lowest BCUT2D eigenvalue weighted by Crippen LogP contribution is -2.39. The summed E-state index contributed by atoms with van der Waals surface area (Å²) in [4.78, 5) is 15.4. The van der Waals surface area contributed by atoms with E-state index in [0.717, 1.165) is 38.5 Å². The molecule has 2 amide bonds. The summed E-state index contributed by atoms with van der Waals surface area (Å²) in [5, 5.41) is 0. The molecule has 92 valence electrons. The molecular formula is C12H23N3O. The van der Waals surface area contributed by atoms with Crippen LogP contribution in [0.3, 0.4) is 0 Å². The summed E-state index contributed by atoms with van der Waals surface area (Å²) in [7, 11) is 0. The van der Waals surface area contributed by atoms with Gasteiger partial charge in [-0.1, -0.05) is 12.8 Å². The van der Waals surface area contributed by atoms with E-state index < -0.39 is 0 Å². The molecule has 4 heteroatoms. The molecule has 0 radical (unpaired) electrons. The summed E-state index contributed by atoms with van der Waals surface area (Å²) < 4.78 is 0. The summed E-state index contributed by atoms with van der Waals surface area (Å²) in [5.74, 6) is 0.903. The lowest BCUT2D eigenvalue weighted by Gasteiger charge is -2.23. The van der Waals surface area contributed by atoms with Crippen molar-refractivity contribution in [2.75, 3.05) is 32.7 Å². The van der Waals surface area contributed by atoms with Crippen molar-refractivity contribution in [2.24, 2.45) is 11.7 Å². The standard InChI is InChI=1S/C12H23N3O/c13-12(16)15-7-3-6-14(8-9-15)10-11-4-1-2-5-11/h11H,1-10H2,(H2,13,16). The monoisotopic (exact) mass is 225 g/mol. The minimum absolute atomic E-state index is 0.261. The lowest BCUT2D eigenvalue weighted by atomic mass is 10.1.